The van der Waals surface area contributed by atoms with Crippen molar-refractivity contribution >= 4 is 5.91 Å². The molecule has 0 spiro atoms. The van der Waals surface area contributed by atoms with Gasteiger partial charge in [-0.15, -0.1) is 0 Å². The normalized spacial score (nSPS) is 18.4. The molecular formula is C74H141NO8. The van der Waals surface area contributed by atoms with E-state index in [9.17, 15) is 30.3 Å². The van der Waals surface area contributed by atoms with Crippen LogP contribution in [0.4, 0.5) is 0 Å². The minimum Gasteiger partial charge on any atom is -0.394 e. The summed E-state index contributed by atoms with van der Waals surface area (Å²) in [4.78, 5) is 13.2. The lowest BCUT2D eigenvalue weighted by Crippen LogP contribution is -2.60. The van der Waals surface area contributed by atoms with Crippen LogP contribution in [0.3, 0.4) is 0 Å². The Labute approximate surface area is 514 Å². The first kappa shape index (κ1) is 79.4. The Bertz CT molecular complexity index is 1410. The highest BCUT2D eigenvalue weighted by molar-refractivity contribution is 5.76. The lowest BCUT2D eigenvalue weighted by Gasteiger charge is -2.40. The number of nitrogens with one attached hydrogen (secondary N) is 1. The summed E-state index contributed by atoms with van der Waals surface area (Å²) in [6.07, 6.45) is 77.9. The van der Waals surface area contributed by atoms with E-state index in [-0.39, 0.29) is 12.5 Å². The number of hydrogen-bond acceptors (Lipinski definition) is 8. The van der Waals surface area contributed by atoms with Crippen LogP contribution in [-0.2, 0) is 14.3 Å². The van der Waals surface area contributed by atoms with Crippen molar-refractivity contribution in [3.8, 4) is 0 Å². The average Bonchev–Trinajstić information content (AvgIpc) is 3.61. The zero-order valence-corrected chi connectivity index (χ0v) is 55.0. The number of carbonyl (C=O) groups excluding carboxylic acids is 1. The number of unbranched alkanes of at least 4 members (excludes halogenated alkanes) is 49. The first-order chi connectivity index (χ1) is 40.8. The summed E-state index contributed by atoms with van der Waals surface area (Å²) in [5.74, 6) is -0.138. The summed E-state index contributed by atoms with van der Waals surface area (Å²) >= 11 is 0. The molecule has 7 unspecified atom stereocenters. The molecule has 1 rings (SSSR count). The highest BCUT2D eigenvalue weighted by atomic mass is 16.7. The fourth-order valence-electron chi connectivity index (χ4n) is 12.0. The van der Waals surface area contributed by atoms with Crippen molar-refractivity contribution in [1.82, 2.24) is 5.32 Å². The molecule has 1 aliphatic rings. The molecule has 0 aromatic carbocycles. The van der Waals surface area contributed by atoms with Crippen LogP contribution in [0.15, 0.2) is 36.5 Å². The second-order valence-corrected chi connectivity index (χ2v) is 25.7. The van der Waals surface area contributed by atoms with Gasteiger partial charge in [0.25, 0.3) is 0 Å². The van der Waals surface area contributed by atoms with Gasteiger partial charge in [0.15, 0.2) is 6.29 Å². The van der Waals surface area contributed by atoms with Gasteiger partial charge >= 0.3 is 0 Å². The Hall–Kier alpha value is -1.59. The molecule has 0 aromatic heterocycles. The first-order valence-electron chi connectivity index (χ1n) is 36.7. The molecule has 0 aliphatic carbocycles. The number of allylic oxidation sites excluding steroid dienone is 6. The standard InChI is InChI=1S/C74H141NO8/c1-3-5-7-9-11-13-15-17-19-21-23-25-27-29-31-33-34-36-38-40-42-44-46-48-50-52-54-56-58-60-62-64-70(78)75-67(66-82-74-73(81)72(80)71(79)69(65-76)83-74)68(77)63-61-59-57-55-53-51-49-47-45-43-41-39-37-35-32-30-28-26-24-22-20-18-16-14-12-10-8-6-4-2/h15,17,21,23,27,29,67-69,71-74,76-77,79-81H,3-14,16,18-20,22,24-26,28,30-66H2,1-2H3,(H,75,78)/b17-15-,23-21-,29-27-. The summed E-state index contributed by atoms with van der Waals surface area (Å²) in [6.45, 7) is 3.88. The van der Waals surface area contributed by atoms with Crippen LogP contribution in [0.25, 0.3) is 0 Å². The molecule has 83 heavy (non-hydrogen) atoms. The summed E-state index contributed by atoms with van der Waals surface area (Å²) < 4.78 is 11.4. The van der Waals surface area contributed by atoms with Crippen LogP contribution in [-0.4, -0.2) is 87.5 Å². The molecule has 7 atom stereocenters. The number of amides is 1. The number of aliphatic hydroxyl groups excluding tert-OH is 5. The summed E-state index contributed by atoms with van der Waals surface area (Å²) in [6, 6.07) is -0.720. The van der Waals surface area contributed by atoms with Gasteiger partial charge in [-0.25, -0.2) is 0 Å². The Morgan fingerprint density at radius 2 is 0.711 bits per heavy atom. The van der Waals surface area contributed by atoms with E-state index in [1.54, 1.807) is 0 Å². The van der Waals surface area contributed by atoms with Crippen molar-refractivity contribution in [2.45, 2.75) is 416 Å². The molecule has 1 fully saturated rings. The highest BCUT2D eigenvalue weighted by Crippen LogP contribution is 2.24. The third kappa shape index (κ3) is 52.1. The molecule has 9 heteroatoms. The van der Waals surface area contributed by atoms with Crippen molar-refractivity contribution < 1.29 is 39.8 Å². The number of carbonyl (C=O) groups is 1. The summed E-state index contributed by atoms with van der Waals surface area (Å²) in [5, 5.41) is 55.0. The molecule has 1 saturated heterocycles. The SMILES string of the molecule is CCCCCCC/C=C\C/C=C\C/C=C\CCCCCCCCCCCCCCCCCCC(=O)NC(COC1OC(CO)C(O)C(O)C1O)C(O)CCCCCCCCCCCCCCCCCCCCCCCCCCCCCCC. The quantitative estimate of drug-likeness (QED) is 0.0261. The van der Waals surface area contributed by atoms with Crippen LogP contribution in [0.2, 0.25) is 0 Å². The maximum absolute atomic E-state index is 13.2. The van der Waals surface area contributed by atoms with Gasteiger partial charge < -0.3 is 40.3 Å². The van der Waals surface area contributed by atoms with E-state index in [0.29, 0.717) is 12.8 Å². The maximum Gasteiger partial charge on any atom is 0.220 e. The van der Waals surface area contributed by atoms with Crippen molar-refractivity contribution in [2.24, 2.45) is 0 Å². The molecule has 0 saturated carbocycles. The molecule has 0 bridgehead atoms. The van der Waals surface area contributed by atoms with Gasteiger partial charge in [0.05, 0.1) is 25.4 Å². The molecule has 6 N–H and O–H groups in total. The van der Waals surface area contributed by atoms with Crippen LogP contribution in [0, 0.1) is 0 Å². The summed E-state index contributed by atoms with van der Waals surface area (Å²) in [5.41, 5.74) is 0. The van der Waals surface area contributed by atoms with Gasteiger partial charge in [-0.3, -0.25) is 4.79 Å². The molecule has 9 nitrogen and oxygen atoms in total. The Morgan fingerprint density at radius 1 is 0.410 bits per heavy atom. The predicted molar refractivity (Wildman–Crippen MR) is 355 cm³/mol. The fourth-order valence-corrected chi connectivity index (χ4v) is 12.0. The summed E-state index contributed by atoms with van der Waals surface area (Å²) in [7, 11) is 0. The van der Waals surface area contributed by atoms with Gasteiger partial charge in [-0.2, -0.15) is 0 Å². The molecular weight excluding hydrogens is 1030 g/mol. The Balaban J connectivity index is 2.09. The van der Waals surface area contributed by atoms with Crippen LogP contribution in [0.5, 0.6) is 0 Å². The number of aliphatic hydroxyl groups is 5. The van der Waals surface area contributed by atoms with E-state index in [1.165, 1.54) is 295 Å². The third-order valence-corrected chi connectivity index (χ3v) is 17.7. The van der Waals surface area contributed by atoms with Crippen molar-refractivity contribution in [1.29, 1.82) is 0 Å². The number of ether oxygens (including phenoxy) is 2. The van der Waals surface area contributed by atoms with Gasteiger partial charge in [0, 0.05) is 6.42 Å². The van der Waals surface area contributed by atoms with Crippen molar-refractivity contribution in [3.05, 3.63) is 36.5 Å². The second-order valence-electron chi connectivity index (χ2n) is 25.7. The Kier molecular flexibility index (Phi) is 60.7. The zero-order valence-electron chi connectivity index (χ0n) is 55.0. The van der Waals surface area contributed by atoms with E-state index in [4.69, 9.17) is 9.47 Å². The molecule has 0 aromatic rings. The third-order valence-electron chi connectivity index (χ3n) is 17.7. The van der Waals surface area contributed by atoms with Gasteiger partial charge in [0.2, 0.25) is 5.91 Å². The molecule has 0 radical (unpaired) electrons. The molecule has 1 amide bonds. The minimum absolute atomic E-state index is 0.135. The smallest absolute Gasteiger partial charge is 0.220 e. The molecule has 1 heterocycles. The van der Waals surface area contributed by atoms with E-state index < -0.39 is 49.5 Å². The monoisotopic (exact) mass is 1170 g/mol. The minimum atomic E-state index is -1.55. The fraction of sp³-hybridized carbons (Fsp3) is 0.905. The lowest BCUT2D eigenvalue weighted by atomic mass is 9.99. The first-order valence-corrected chi connectivity index (χ1v) is 36.7. The lowest BCUT2D eigenvalue weighted by molar-refractivity contribution is -0.302. The molecule has 490 valence electrons. The van der Waals surface area contributed by atoms with Gasteiger partial charge in [-0.1, -0.05) is 352 Å². The number of hydrogen-bond donors (Lipinski definition) is 6. The van der Waals surface area contributed by atoms with E-state index in [2.05, 4.69) is 55.6 Å². The zero-order chi connectivity index (χ0) is 60.0. The molecule has 1 aliphatic heterocycles. The van der Waals surface area contributed by atoms with Crippen molar-refractivity contribution in [3.63, 3.8) is 0 Å². The van der Waals surface area contributed by atoms with E-state index >= 15 is 0 Å². The van der Waals surface area contributed by atoms with Gasteiger partial charge in [-0.05, 0) is 51.4 Å². The maximum atomic E-state index is 13.2. The average molecular weight is 1170 g/mol. The van der Waals surface area contributed by atoms with Crippen LogP contribution < -0.4 is 5.32 Å². The van der Waals surface area contributed by atoms with E-state index in [0.717, 1.165) is 51.4 Å². The largest absolute Gasteiger partial charge is 0.394 e. The van der Waals surface area contributed by atoms with E-state index in [1.807, 2.05) is 0 Å². The topological polar surface area (TPSA) is 149 Å². The highest BCUT2D eigenvalue weighted by Gasteiger charge is 2.44. The van der Waals surface area contributed by atoms with Crippen LogP contribution >= 0.6 is 0 Å². The number of rotatable bonds is 65. The predicted octanol–water partition coefficient (Wildman–Crippen LogP) is 20.2. The van der Waals surface area contributed by atoms with Crippen molar-refractivity contribution in [2.75, 3.05) is 13.2 Å². The van der Waals surface area contributed by atoms with Gasteiger partial charge in [0.1, 0.15) is 24.4 Å². The Morgan fingerprint density at radius 3 is 1.05 bits per heavy atom. The second kappa shape index (κ2) is 63.4. The van der Waals surface area contributed by atoms with Crippen LogP contribution in [0.1, 0.15) is 373 Å².